The minimum Gasteiger partial charge on any atom is -0.492 e. The molecule has 0 saturated heterocycles. The lowest BCUT2D eigenvalue weighted by atomic mass is 10.0. The second-order valence-corrected chi connectivity index (χ2v) is 4.95. The summed E-state index contributed by atoms with van der Waals surface area (Å²) in [7, 11) is 0. The van der Waals surface area contributed by atoms with Crippen LogP contribution in [-0.4, -0.2) is 6.61 Å². The molecule has 2 aromatic rings. The maximum absolute atomic E-state index is 13.8. The summed E-state index contributed by atoms with van der Waals surface area (Å²) in [4.78, 5) is 0. The zero-order valence-electron chi connectivity index (χ0n) is 11.1. The van der Waals surface area contributed by atoms with E-state index in [1.807, 2.05) is 6.92 Å². The van der Waals surface area contributed by atoms with Gasteiger partial charge in [-0.3, -0.25) is 5.84 Å². The zero-order valence-corrected chi connectivity index (χ0v) is 11.8. The molecule has 5 heteroatoms. The lowest BCUT2D eigenvalue weighted by molar-refractivity contribution is 0.264. The average Bonchev–Trinajstić information content (AvgIpc) is 2.45. The third kappa shape index (κ3) is 3.70. The van der Waals surface area contributed by atoms with Gasteiger partial charge >= 0.3 is 0 Å². The Labute approximate surface area is 122 Å². The van der Waals surface area contributed by atoms with Gasteiger partial charge in [0.2, 0.25) is 0 Å². The van der Waals surface area contributed by atoms with Crippen LogP contribution < -0.4 is 16.0 Å². The normalized spacial score (nSPS) is 12.2. The van der Waals surface area contributed by atoms with E-state index < -0.39 is 6.04 Å². The number of benzene rings is 2. The molecule has 2 aromatic carbocycles. The van der Waals surface area contributed by atoms with Crippen molar-refractivity contribution >= 4 is 11.6 Å². The molecule has 0 radical (unpaired) electrons. The van der Waals surface area contributed by atoms with E-state index in [1.54, 1.807) is 36.4 Å². The van der Waals surface area contributed by atoms with Gasteiger partial charge in [0.15, 0.2) is 0 Å². The lowest BCUT2D eigenvalue weighted by Gasteiger charge is -2.18. The first-order valence-corrected chi connectivity index (χ1v) is 6.58. The fraction of sp³-hybridized carbons (Fsp3) is 0.200. The smallest absolute Gasteiger partial charge is 0.128 e. The number of ether oxygens (including phenoxy) is 1. The molecule has 0 aliphatic rings. The molecule has 0 bridgehead atoms. The number of halogens is 2. The van der Waals surface area contributed by atoms with E-state index in [4.69, 9.17) is 22.2 Å². The summed E-state index contributed by atoms with van der Waals surface area (Å²) in [5.74, 6) is 5.84. The van der Waals surface area contributed by atoms with E-state index in [0.29, 0.717) is 16.3 Å². The Hall–Kier alpha value is -1.62. The molecule has 0 saturated carbocycles. The third-order valence-electron chi connectivity index (χ3n) is 2.96. The quantitative estimate of drug-likeness (QED) is 0.656. The second-order valence-electron chi connectivity index (χ2n) is 4.51. The highest BCUT2D eigenvalue weighted by atomic mass is 35.5. The molecular weight excluding hydrogens is 279 g/mol. The maximum atomic E-state index is 13.8. The van der Waals surface area contributed by atoms with Crippen molar-refractivity contribution in [3.63, 3.8) is 0 Å². The third-order valence-corrected chi connectivity index (χ3v) is 3.21. The van der Waals surface area contributed by atoms with Crippen LogP contribution in [0, 0.1) is 12.7 Å². The second kappa shape index (κ2) is 6.70. The van der Waals surface area contributed by atoms with Gasteiger partial charge in [-0.25, -0.2) is 9.82 Å². The van der Waals surface area contributed by atoms with E-state index in [2.05, 4.69) is 5.43 Å². The average molecular weight is 295 g/mol. The molecule has 0 aliphatic carbocycles. The van der Waals surface area contributed by atoms with E-state index in [1.165, 1.54) is 6.07 Å². The Balaban J connectivity index is 2.09. The molecule has 3 nitrogen and oxygen atoms in total. The fourth-order valence-electron chi connectivity index (χ4n) is 1.87. The predicted octanol–water partition coefficient (Wildman–Crippen LogP) is 3.37. The van der Waals surface area contributed by atoms with E-state index >= 15 is 0 Å². The minimum absolute atomic E-state index is 0.221. The van der Waals surface area contributed by atoms with Gasteiger partial charge in [-0.05, 0) is 37.3 Å². The number of hydrogen-bond acceptors (Lipinski definition) is 3. The van der Waals surface area contributed by atoms with Gasteiger partial charge in [0.05, 0.1) is 6.04 Å². The fourth-order valence-corrected chi connectivity index (χ4v) is 1.99. The molecule has 2 rings (SSSR count). The highest BCUT2D eigenvalue weighted by Crippen LogP contribution is 2.21. The Morgan fingerprint density at radius 1 is 1.25 bits per heavy atom. The molecule has 106 valence electrons. The number of hydrazine groups is 1. The van der Waals surface area contributed by atoms with Crippen molar-refractivity contribution in [3.8, 4) is 5.75 Å². The number of aryl methyl sites for hydroxylation is 1. The first-order valence-electron chi connectivity index (χ1n) is 6.20. The summed E-state index contributed by atoms with van der Waals surface area (Å²) in [5.41, 5.74) is 4.03. The summed E-state index contributed by atoms with van der Waals surface area (Å²) in [6.07, 6.45) is 0. The molecule has 20 heavy (non-hydrogen) atoms. The molecule has 1 unspecified atom stereocenters. The number of hydrogen-bond donors (Lipinski definition) is 2. The van der Waals surface area contributed by atoms with Crippen molar-refractivity contribution in [2.45, 2.75) is 13.0 Å². The number of nitrogens with one attached hydrogen (secondary N) is 1. The highest BCUT2D eigenvalue weighted by Gasteiger charge is 2.15. The van der Waals surface area contributed by atoms with Gasteiger partial charge in [0.25, 0.3) is 0 Å². The van der Waals surface area contributed by atoms with E-state index in [9.17, 15) is 4.39 Å². The Morgan fingerprint density at radius 2 is 1.95 bits per heavy atom. The standard InChI is InChI=1S/C15H16ClFN2O/c1-10-2-7-14(17)13(8-10)15(19-18)9-20-12-5-3-11(16)4-6-12/h2-8,15,19H,9,18H2,1H3. The Morgan fingerprint density at radius 3 is 2.60 bits per heavy atom. The van der Waals surface area contributed by atoms with Crippen LogP contribution >= 0.6 is 11.6 Å². The first-order chi connectivity index (χ1) is 9.60. The SMILES string of the molecule is Cc1ccc(F)c(C(COc2ccc(Cl)cc2)NN)c1. The summed E-state index contributed by atoms with van der Waals surface area (Å²) < 4.78 is 19.4. The molecule has 0 aromatic heterocycles. The van der Waals surface area contributed by atoms with Gasteiger partial charge in [-0.1, -0.05) is 29.3 Å². The van der Waals surface area contributed by atoms with Crippen LogP contribution in [0.5, 0.6) is 5.75 Å². The van der Waals surface area contributed by atoms with Crippen LogP contribution in [-0.2, 0) is 0 Å². The Bertz CT molecular complexity index is 575. The van der Waals surface area contributed by atoms with E-state index in [-0.39, 0.29) is 12.4 Å². The largest absolute Gasteiger partial charge is 0.492 e. The molecular formula is C15H16ClFN2O. The van der Waals surface area contributed by atoms with Crippen LogP contribution in [0.2, 0.25) is 5.02 Å². The molecule has 1 atom stereocenters. The van der Waals surface area contributed by atoms with Gasteiger partial charge in [0.1, 0.15) is 18.2 Å². The summed E-state index contributed by atoms with van der Waals surface area (Å²) in [5, 5.41) is 0.635. The van der Waals surface area contributed by atoms with Crippen molar-refractivity contribution in [1.82, 2.24) is 5.43 Å². The zero-order chi connectivity index (χ0) is 14.5. The van der Waals surface area contributed by atoms with Crippen LogP contribution in [0.15, 0.2) is 42.5 Å². The predicted molar refractivity (Wildman–Crippen MR) is 78.1 cm³/mol. The van der Waals surface area contributed by atoms with E-state index in [0.717, 1.165) is 5.56 Å². The Kier molecular flexibility index (Phi) is 4.95. The van der Waals surface area contributed by atoms with Crippen molar-refractivity contribution < 1.29 is 9.13 Å². The highest BCUT2D eigenvalue weighted by molar-refractivity contribution is 6.30. The van der Waals surface area contributed by atoms with Crippen LogP contribution in [0.3, 0.4) is 0 Å². The molecule has 0 spiro atoms. The summed E-state index contributed by atoms with van der Waals surface area (Å²) in [6.45, 7) is 2.12. The number of nitrogens with two attached hydrogens (primary N) is 1. The molecule has 3 N–H and O–H groups in total. The van der Waals surface area contributed by atoms with Gasteiger partial charge < -0.3 is 4.74 Å². The van der Waals surface area contributed by atoms with Crippen molar-refractivity contribution in [2.24, 2.45) is 5.84 Å². The summed E-state index contributed by atoms with van der Waals surface area (Å²) in [6, 6.07) is 11.4. The van der Waals surface area contributed by atoms with Gasteiger partial charge in [-0.15, -0.1) is 0 Å². The van der Waals surface area contributed by atoms with Crippen molar-refractivity contribution in [2.75, 3.05) is 6.61 Å². The van der Waals surface area contributed by atoms with Gasteiger partial charge in [-0.2, -0.15) is 0 Å². The van der Waals surface area contributed by atoms with Crippen LogP contribution in [0.1, 0.15) is 17.2 Å². The maximum Gasteiger partial charge on any atom is 0.128 e. The van der Waals surface area contributed by atoms with Gasteiger partial charge in [0, 0.05) is 10.6 Å². The topological polar surface area (TPSA) is 47.3 Å². The molecule has 0 amide bonds. The van der Waals surface area contributed by atoms with Crippen LogP contribution in [0.25, 0.3) is 0 Å². The molecule has 0 heterocycles. The van der Waals surface area contributed by atoms with Crippen molar-refractivity contribution in [1.29, 1.82) is 0 Å². The molecule has 0 aliphatic heterocycles. The van der Waals surface area contributed by atoms with Crippen LogP contribution in [0.4, 0.5) is 4.39 Å². The summed E-state index contributed by atoms with van der Waals surface area (Å²) >= 11 is 5.80. The monoisotopic (exact) mass is 294 g/mol. The van der Waals surface area contributed by atoms with Crippen molar-refractivity contribution in [3.05, 3.63) is 64.4 Å². The minimum atomic E-state index is -0.425. The lowest BCUT2D eigenvalue weighted by Crippen LogP contribution is -2.33. The molecule has 0 fully saturated rings. The first kappa shape index (κ1) is 14.8. The number of rotatable bonds is 5.